The van der Waals surface area contributed by atoms with Gasteiger partial charge in [-0.15, -0.1) is 0 Å². The predicted octanol–water partition coefficient (Wildman–Crippen LogP) is 5.85. The number of halogens is 6. The zero-order valence-corrected chi connectivity index (χ0v) is 32.3. The second-order valence-electron chi connectivity index (χ2n) is 12.8. The number of esters is 1. The zero-order chi connectivity index (χ0) is 42.2. The Balaban J connectivity index is 1.32. The average Bonchev–Trinajstić information content (AvgIpc) is 3.46. The molecule has 2 fully saturated rings. The fourth-order valence-electron chi connectivity index (χ4n) is 5.71. The molecule has 3 N–H and O–H groups in total. The summed E-state index contributed by atoms with van der Waals surface area (Å²) < 4.78 is 105. The number of amides is 2. The fraction of sp³-hybridized carbons (Fsp3) is 0.368. The number of methoxy groups -OCH3 is 1. The van der Waals surface area contributed by atoms with Crippen LogP contribution in [0.3, 0.4) is 0 Å². The monoisotopic (exact) mass is 857 g/mol. The fourth-order valence-corrected chi connectivity index (χ4v) is 7.02. The van der Waals surface area contributed by atoms with Crippen molar-refractivity contribution in [2.45, 2.75) is 24.9 Å². The summed E-state index contributed by atoms with van der Waals surface area (Å²) in [5.74, 6) is -1.81. The number of ether oxygens (including phenoxy) is 4. The highest BCUT2D eigenvalue weighted by atomic mass is 32.2. The SMILES string of the molecule is COc1cc(C(=O)OCC(O)CO)ccc1NC(=O)CCN1C(=O)/C(=C/c2ccc(OCCN3CCOCC3)c(-c3cc(C(F)(F)F)cc(C(F)(F)F)c3)c2)SC1=S. The standard InChI is InChI=1S/C38H37F6N3O9S2/c1-53-31-18-23(35(52)56-21-27(49)20-48)3-4-29(31)45-33(50)6-7-47-34(51)32(58-36(47)57)15-22-2-5-30(55-13-10-46-8-11-54-12-9-46)28(14-22)24-16-25(37(39,40)41)19-26(17-24)38(42,43)44/h2-5,14-19,27,48-49H,6-13,20-21H2,1H3,(H,45,50)/b32-15-. The van der Waals surface area contributed by atoms with E-state index in [0.717, 1.165) is 11.8 Å². The minimum atomic E-state index is -5.09. The van der Waals surface area contributed by atoms with E-state index in [-0.39, 0.29) is 68.7 Å². The van der Waals surface area contributed by atoms with E-state index in [1.165, 1.54) is 54.5 Å². The van der Waals surface area contributed by atoms with E-state index in [9.17, 15) is 45.8 Å². The quantitative estimate of drug-likeness (QED) is 0.0730. The van der Waals surface area contributed by atoms with Crippen LogP contribution in [-0.2, 0) is 31.4 Å². The van der Waals surface area contributed by atoms with Crippen LogP contribution in [0.25, 0.3) is 17.2 Å². The van der Waals surface area contributed by atoms with Crippen molar-refractivity contribution >= 4 is 57.8 Å². The molecule has 3 aromatic rings. The molecule has 1 unspecified atom stereocenters. The maximum absolute atomic E-state index is 13.8. The van der Waals surface area contributed by atoms with Gasteiger partial charge in [0.2, 0.25) is 5.91 Å². The molecule has 2 saturated heterocycles. The van der Waals surface area contributed by atoms with Crippen LogP contribution in [0, 0.1) is 0 Å². The number of anilines is 1. The number of benzene rings is 3. The Morgan fingerprint density at radius 1 is 0.983 bits per heavy atom. The lowest BCUT2D eigenvalue weighted by molar-refractivity contribution is -0.143. The first kappa shape index (κ1) is 44.4. The first-order chi connectivity index (χ1) is 27.5. The molecule has 2 aliphatic heterocycles. The van der Waals surface area contributed by atoms with E-state index in [2.05, 4.69) is 5.32 Å². The van der Waals surface area contributed by atoms with Gasteiger partial charge in [0.05, 0.1) is 54.2 Å². The molecule has 20 heteroatoms. The lowest BCUT2D eigenvalue weighted by atomic mass is 9.96. The van der Waals surface area contributed by atoms with Gasteiger partial charge in [0.1, 0.15) is 35.1 Å². The van der Waals surface area contributed by atoms with Crippen molar-refractivity contribution < 1.29 is 69.9 Å². The highest BCUT2D eigenvalue weighted by molar-refractivity contribution is 8.26. The van der Waals surface area contributed by atoms with E-state index in [1.54, 1.807) is 0 Å². The number of morpholine rings is 1. The van der Waals surface area contributed by atoms with Gasteiger partial charge in [0.15, 0.2) is 0 Å². The molecular weight excluding hydrogens is 821 g/mol. The Labute approximate surface area is 337 Å². The smallest absolute Gasteiger partial charge is 0.416 e. The molecule has 3 aromatic carbocycles. The Morgan fingerprint density at radius 3 is 2.31 bits per heavy atom. The second-order valence-corrected chi connectivity index (χ2v) is 14.5. The van der Waals surface area contributed by atoms with Crippen molar-refractivity contribution in [3.05, 3.63) is 81.8 Å². The molecule has 0 spiro atoms. The largest absolute Gasteiger partial charge is 0.495 e. The molecule has 0 saturated carbocycles. The van der Waals surface area contributed by atoms with Crippen molar-refractivity contribution in [1.29, 1.82) is 0 Å². The van der Waals surface area contributed by atoms with E-state index < -0.39 is 66.1 Å². The zero-order valence-electron chi connectivity index (χ0n) is 30.7. The normalized spacial score (nSPS) is 16.4. The number of nitrogens with one attached hydrogen (secondary N) is 1. The van der Waals surface area contributed by atoms with E-state index >= 15 is 0 Å². The van der Waals surface area contributed by atoms with E-state index in [1.807, 2.05) is 4.90 Å². The van der Waals surface area contributed by atoms with Crippen LogP contribution in [0.2, 0.25) is 0 Å². The van der Waals surface area contributed by atoms with Crippen molar-refractivity contribution in [1.82, 2.24) is 9.80 Å². The van der Waals surface area contributed by atoms with Crippen LogP contribution in [0.4, 0.5) is 32.0 Å². The maximum atomic E-state index is 13.8. The number of hydrogen-bond acceptors (Lipinski definition) is 12. The van der Waals surface area contributed by atoms with Crippen LogP contribution in [0.5, 0.6) is 11.5 Å². The van der Waals surface area contributed by atoms with E-state index in [4.69, 9.17) is 36.3 Å². The minimum Gasteiger partial charge on any atom is -0.495 e. The molecule has 0 bridgehead atoms. The molecule has 2 aliphatic rings. The molecule has 5 rings (SSSR count). The Morgan fingerprint density at radius 2 is 1.67 bits per heavy atom. The summed E-state index contributed by atoms with van der Waals surface area (Å²) in [4.78, 5) is 42.0. The first-order valence-electron chi connectivity index (χ1n) is 17.5. The number of carbonyl (C=O) groups is 3. The number of thioether (sulfide) groups is 1. The molecule has 58 heavy (non-hydrogen) atoms. The predicted molar refractivity (Wildman–Crippen MR) is 204 cm³/mol. The van der Waals surface area contributed by atoms with Gasteiger partial charge < -0.3 is 34.5 Å². The third-order valence-electron chi connectivity index (χ3n) is 8.73. The molecule has 0 aromatic heterocycles. The van der Waals surface area contributed by atoms with Crippen LogP contribution >= 0.6 is 24.0 Å². The number of aliphatic hydroxyl groups excluding tert-OH is 2. The van der Waals surface area contributed by atoms with Gasteiger partial charge in [-0.25, -0.2) is 4.79 Å². The lowest BCUT2D eigenvalue weighted by Crippen LogP contribution is -2.38. The number of carbonyl (C=O) groups excluding carboxylic acids is 3. The number of alkyl halides is 6. The number of aliphatic hydroxyl groups is 2. The average molecular weight is 858 g/mol. The topological polar surface area (TPSA) is 147 Å². The van der Waals surface area contributed by atoms with Crippen LogP contribution in [-0.4, -0.2) is 115 Å². The van der Waals surface area contributed by atoms with E-state index in [0.29, 0.717) is 45.0 Å². The highest BCUT2D eigenvalue weighted by Gasteiger charge is 2.37. The lowest BCUT2D eigenvalue weighted by Gasteiger charge is -2.26. The summed E-state index contributed by atoms with van der Waals surface area (Å²) in [6.07, 6.45) is -10.3. The highest BCUT2D eigenvalue weighted by Crippen LogP contribution is 2.42. The van der Waals surface area contributed by atoms with Gasteiger partial charge in [-0.2, -0.15) is 26.3 Å². The molecule has 2 heterocycles. The van der Waals surface area contributed by atoms with Gasteiger partial charge >= 0.3 is 18.3 Å². The van der Waals surface area contributed by atoms with Crippen molar-refractivity contribution in [2.75, 3.05) is 71.6 Å². The minimum absolute atomic E-state index is 0.0282. The molecule has 0 aliphatic carbocycles. The summed E-state index contributed by atoms with van der Waals surface area (Å²) >= 11 is 6.29. The van der Waals surface area contributed by atoms with Gasteiger partial charge in [-0.05, 0) is 65.7 Å². The van der Waals surface area contributed by atoms with Crippen molar-refractivity contribution in [3.8, 4) is 22.6 Å². The maximum Gasteiger partial charge on any atom is 0.416 e. The molecule has 312 valence electrons. The molecule has 1 atom stereocenters. The van der Waals surface area contributed by atoms with Crippen LogP contribution in [0.15, 0.2) is 59.5 Å². The third-order valence-corrected chi connectivity index (χ3v) is 10.1. The van der Waals surface area contributed by atoms with Crippen LogP contribution < -0.4 is 14.8 Å². The summed E-state index contributed by atoms with van der Waals surface area (Å²) in [6, 6.07) is 9.53. The Bertz CT molecular complexity index is 2010. The van der Waals surface area contributed by atoms with Gasteiger partial charge in [0.25, 0.3) is 5.91 Å². The summed E-state index contributed by atoms with van der Waals surface area (Å²) in [5, 5.41) is 20.9. The Kier molecular flexibility index (Phi) is 14.8. The third kappa shape index (κ3) is 11.7. The van der Waals surface area contributed by atoms with Gasteiger partial charge in [0, 0.05) is 38.2 Å². The van der Waals surface area contributed by atoms with Gasteiger partial charge in [-0.1, -0.05) is 30.0 Å². The molecular formula is C38H37F6N3O9S2. The molecule has 0 radical (unpaired) electrons. The summed E-state index contributed by atoms with van der Waals surface area (Å²) in [7, 11) is 1.30. The summed E-state index contributed by atoms with van der Waals surface area (Å²) in [6.45, 7) is 1.59. The van der Waals surface area contributed by atoms with Crippen molar-refractivity contribution in [3.63, 3.8) is 0 Å². The number of rotatable bonds is 15. The number of nitrogens with zero attached hydrogens (tertiary/aromatic N) is 2. The molecule has 2 amide bonds. The Hall–Kier alpha value is -4.73. The number of thiocarbonyl (C=S) groups is 1. The van der Waals surface area contributed by atoms with Crippen LogP contribution in [0.1, 0.15) is 33.5 Å². The second kappa shape index (κ2) is 19.3. The molecule has 12 nitrogen and oxygen atoms in total. The first-order valence-corrected chi connectivity index (χ1v) is 18.8. The summed E-state index contributed by atoms with van der Waals surface area (Å²) in [5.41, 5.74) is -2.98. The van der Waals surface area contributed by atoms with Gasteiger partial charge in [-0.3, -0.25) is 19.4 Å². The number of hydrogen-bond donors (Lipinski definition) is 3. The van der Waals surface area contributed by atoms with Crippen molar-refractivity contribution in [2.24, 2.45) is 0 Å².